The molecule has 3 amide bonds. The van der Waals surface area contributed by atoms with Crippen LogP contribution in [-0.2, 0) is 20.7 Å². The van der Waals surface area contributed by atoms with Gasteiger partial charge in [-0.3, -0.25) is 9.59 Å². The van der Waals surface area contributed by atoms with E-state index in [0.717, 1.165) is 5.56 Å². The first-order valence-corrected chi connectivity index (χ1v) is 9.93. The van der Waals surface area contributed by atoms with E-state index < -0.39 is 29.6 Å². The molecule has 32 heavy (non-hydrogen) atoms. The number of carboxylic acid groups (broad SMARTS) is 1. The fraction of sp³-hybridized carbons (Fsp3) is 0.304. The second-order valence-electron chi connectivity index (χ2n) is 8.15. The van der Waals surface area contributed by atoms with Crippen molar-refractivity contribution in [3.05, 3.63) is 59.7 Å². The summed E-state index contributed by atoms with van der Waals surface area (Å²) in [6.45, 7) is 6.55. The molecule has 9 heteroatoms. The van der Waals surface area contributed by atoms with Crippen LogP contribution < -0.4 is 16.0 Å². The van der Waals surface area contributed by atoms with Crippen molar-refractivity contribution in [2.75, 3.05) is 10.6 Å². The summed E-state index contributed by atoms with van der Waals surface area (Å²) in [7, 11) is 0. The van der Waals surface area contributed by atoms with Crippen LogP contribution in [-0.4, -0.2) is 40.6 Å². The summed E-state index contributed by atoms with van der Waals surface area (Å²) in [6.07, 6.45) is -0.577. The van der Waals surface area contributed by atoms with Crippen LogP contribution in [0.5, 0.6) is 0 Å². The van der Waals surface area contributed by atoms with Crippen LogP contribution in [0.3, 0.4) is 0 Å². The fourth-order valence-corrected chi connectivity index (χ4v) is 2.75. The van der Waals surface area contributed by atoms with Gasteiger partial charge in [0.25, 0.3) is 0 Å². The molecule has 0 spiro atoms. The van der Waals surface area contributed by atoms with E-state index in [4.69, 9.17) is 9.84 Å². The minimum Gasteiger partial charge on any atom is -0.478 e. The van der Waals surface area contributed by atoms with Crippen LogP contribution in [0.25, 0.3) is 0 Å². The van der Waals surface area contributed by atoms with Crippen molar-refractivity contribution in [3.63, 3.8) is 0 Å². The third-order valence-corrected chi connectivity index (χ3v) is 4.12. The van der Waals surface area contributed by atoms with Crippen molar-refractivity contribution in [2.24, 2.45) is 0 Å². The van der Waals surface area contributed by atoms with E-state index in [1.54, 1.807) is 45.0 Å². The minimum absolute atomic E-state index is 0.0886. The molecule has 0 saturated heterocycles. The number of benzene rings is 2. The van der Waals surface area contributed by atoms with Crippen molar-refractivity contribution >= 4 is 35.3 Å². The number of carbonyl (C=O) groups excluding carboxylic acids is 3. The average molecular weight is 441 g/mol. The Hall–Kier alpha value is -3.88. The van der Waals surface area contributed by atoms with Gasteiger partial charge >= 0.3 is 12.1 Å². The zero-order valence-corrected chi connectivity index (χ0v) is 18.4. The molecule has 0 aliphatic rings. The maximum absolute atomic E-state index is 12.9. The largest absolute Gasteiger partial charge is 0.478 e. The Kier molecular flexibility index (Phi) is 7.95. The molecule has 0 heterocycles. The van der Waals surface area contributed by atoms with Gasteiger partial charge in [0.2, 0.25) is 11.8 Å². The molecule has 0 aromatic heterocycles. The molecule has 2 aromatic carbocycles. The van der Waals surface area contributed by atoms with Gasteiger partial charge in [-0.15, -0.1) is 0 Å². The number of rotatable bonds is 7. The Morgan fingerprint density at radius 3 is 1.94 bits per heavy atom. The topological polar surface area (TPSA) is 134 Å². The second kappa shape index (κ2) is 10.4. The first kappa shape index (κ1) is 24.4. The van der Waals surface area contributed by atoms with E-state index in [1.807, 2.05) is 0 Å². The summed E-state index contributed by atoms with van der Waals surface area (Å²) in [5.74, 6) is -1.77. The highest BCUT2D eigenvalue weighted by Crippen LogP contribution is 2.15. The lowest BCUT2D eigenvalue weighted by atomic mass is 10.0. The maximum atomic E-state index is 12.9. The minimum atomic E-state index is -1.07. The van der Waals surface area contributed by atoms with Crippen molar-refractivity contribution in [1.82, 2.24) is 5.32 Å². The maximum Gasteiger partial charge on any atom is 0.408 e. The number of amides is 3. The predicted octanol–water partition coefficient (Wildman–Crippen LogP) is 3.42. The molecule has 2 aromatic rings. The van der Waals surface area contributed by atoms with Crippen molar-refractivity contribution < 1.29 is 29.0 Å². The second-order valence-corrected chi connectivity index (χ2v) is 8.15. The molecule has 0 fully saturated rings. The molecular weight excluding hydrogens is 414 g/mol. The lowest BCUT2D eigenvalue weighted by Gasteiger charge is -2.23. The number of nitrogens with one attached hydrogen (secondary N) is 3. The Balaban J connectivity index is 2.16. The Morgan fingerprint density at radius 2 is 1.44 bits per heavy atom. The lowest BCUT2D eigenvalue weighted by Crippen LogP contribution is -2.47. The summed E-state index contributed by atoms with van der Waals surface area (Å²) >= 11 is 0. The van der Waals surface area contributed by atoms with Gasteiger partial charge in [-0.2, -0.15) is 0 Å². The highest BCUT2D eigenvalue weighted by atomic mass is 16.6. The van der Waals surface area contributed by atoms with Crippen LogP contribution >= 0.6 is 0 Å². The standard InChI is InChI=1S/C23H27N3O6/c1-14(27)24-17-9-5-15(6-10-17)13-19(26-22(31)32-23(2,3)4)20(28)25-18-11-7-16(8-12-18)21(29)30/h5-12,19H,13H2,1-4H3,(H,24,27)(H,25,28)(H,26,31)(H,29,30)/t19-/m0/s1. The van der Waals surface area contributed by atoms with Crippen LogP contribution in [0.15, 0.2) is 48.5 Å². The van der Waals surface area contributed by atoms with E-state index in [1.165, 1.54) is 31.2 Å². The molecule has 2 rings (SSSR count). The monoisotopic (exact) mass is 441 g/mol. The van der Waals surface area contributed by atoms with Crippen LogP contribution in [0, 0.1) is 0 Å². The number of carbonyl (C=O) groups is 4. The third kappa shape index (κ3) is 8.10. The first-order valence-electron chi connectivity index (χ1n) is 9.93. The average Bonchev–Trinajstić information content (AvgIpc) is 2.67. The summed E-state index contributed by atoms with van der Waals surface area (Å²) < 4.78 is 5.27. The molecule has 9 nitrogen and oxygen atoms in total. The molecule has 0 aliphatic heterocycles. The molecule has 170 valence electrons. The SMILES string of the molecule is CC(=O)Nc1ccc(C[C@H](NC(=O)OC(C)(C)C)C(=O)Nc2ccc(C(=O)O)cc2)cc1. The zero-order chi connectivity index (χ0) is 23.9. The van der Waals surface area contributed by atoms with Crippen LogP contribution in [0.1, 0.15) is 43.6 Å². The summed E-state index contributed by atoms with van der Waals surface area (Å²) in [5, 5.41) is 16.9. The molecule has 0 saturated carbocycles. The quantitative estimate of drug-likeness (QED) is 0.520. The molecule has 1 atom stereocenters. The summed E-state index contributed by atoms with van der Waals surface area (Å²) in [6, 6.07) is 11.6. The molecule has 0 bridgehead atoms. The zero-order valence-electron chi connectivity index (χ0n) is 18.4. The van der Waals surface area contributed by atoms with Gasteiger partial charge in [-0.1, -0.05) is 12.1 Å². The van der Waals surface area contributed by atoms with Crippen molar-refractivity contribution in [1.29, 1.82) is 0 Å². The van der Waals surface area contributed by atoms with E-state index in [9.17, 15) is 19.2 Å². The highest BCUT2D eigenvalue weighted by molar-refractivity contribution is 5.97. The Labute approximate surface area is 186 Å². The fourth-order valence-electron chi connectivity index (χ4n) is 2.75. The number of hydrogen-bond acceptors (Lipinski definition) is 5. The van der Waals surface area contributed by atoms with E-state index in [-0.39, 0.29) is 17.9 Å². The van der Waals surface area contributed by atoms with Gasteiger partial charge in [0.05, 0.1) is 5.56 Å². The van der Waals surface area contributed by atoms with Crippen molar-refractivity contribution in [3.8, 4) is 0 Å². The van der Waals surface area contributed by atoms with Gasteiger partial charge in [0.1, 0.15) is 11.6 Å². The number of carboxylic acids is 1. The highest BCUT2D eigenvalue weighted by Gasteiger charge is 2.25. The van der Waals surface area contributed by atoms with E-state index in [0.29, 0.717) is 11.4 Å². The van der Waals surface area contributed by atoms with E-state index in [2.05, 4.69) is 16.0 Å². The predicted molar refractivity (Wildman–Crippen MR) is 120 cm³/mol. The van der Waals surface area contributed by atoms with Crippen LogP contribution in [0.4, 0.5) is 16.2 Å². The van der Waals surface area contributed by atoms with Gasteiger partial charge in [0.15, 0.2) is 0 Å². The van der Waals surface area contributed by atoms with Gasteiger partial charge in [-0.05, 0) is 62.7 Å². The number of alkyl carbamates (subject to hydrolysis) is 1. The Bertz CT molecular complexity index is 978. The van der Waals surface area contributed by atoms with Gasteiger partial charge in [-0.25, -0.2) is 9.59 Å². The molecule has 0 unspecified atom stereocenters. The van der Waals surface area contributed by atoms with E-state index >= 15 is 0 Å². The van der Waals surface area contributed by atoms with Gasteiger partial charge in [0, 0.05) is 24.7 Å². The summed E-state index contributed by atoms with van der Waals surface area (Å²) in [4.78, 5) is 47.3. The molecule has 0 aliphatic carbocycles. The lowest BCUT2D eigenvalue weighted by molar-refractivity contribution is -0.118. The number of hydrogen-bond donors (Lipinski definition) is 4. The Morgan fingerprint density at radius 1 is 0.906 bits per heavy atom. The number of aromatic carboxylic acids is 1. The van der Waals surface area contributed by atoms with Crippen LogP contribution in [0.2, 0.25) is 0 Å². The normalized spacial score (nSPS) is 11.8. The molecule has 0 radical (unpaired) electrons. The molecular formula is C23H27N3O6. The third-order valence-electron chi connectivity index (χ3n) is 4.12. The molecule has 4 N–H and O–H groups in total. The van der Waals surface area contributed by atoms with Crippen molar-refractivity contribution in [2.45, 2.75) is 45.8 Å². The first-order chi connectivity index (χ1) is 14.9. The number of ether oxygens (including phenoxy) is 1. The smallest absolute Gasteiger partial charge is 0.408 e. The summed E-state index contributed by atoms with van der Waals surface area (Å²) in [5.41, 5.74) is 1.10. The van der Waals surface area contributed by atoms with Gasteiger partial charge < -0.3 is 25.8 Å². The number of anilines is 2.